The standard InChI is InChI=1S/C17H18ClNO2/c1-13(19(2)11-14-7-4-3-5-8-14)21-17-10-6-9-16(18)15(17)12-20/h3-10,12-13H,11H2,1-2H3. The number of hydrogen-bond acceptors (Lipinski definition) is 3. The quantitative estimate of drug-likeness (QED) is 0.596. The predicted octanol–water partition coefficient (Wildman–Crippen LogP) is 4.01. The molecule has 2 rings (SSSR count). The molecule has 1 unspecified atom stereocenters. The van der Waals surface area contributed by atoms with Gasteiger partial charge in [0.15, 0.2) is 6.29 Å². The van der Waals surface area contributed by atoms with E-state index in [-0.39, 0.29) is 6.23 Å². The first kappa shape index (κ1) is 15.5. The lowest BCUT2D eigenvalue weighted by atomic mass is 10.2. The molecule has 0 heterocycles. The first-order valence-electron chi connectivity index (χ1n) is 6.76. The third kappa shape index (κ3) is 4.06. The first-order valence-corrected chi connectivity index (χ1v) is 7.14. The van der Waals surface area contributed by atoms with Crippen LogP contribution in [0.3, 0.4) is 0 Å². The predicted molar refractivity (Wildman–Crippen MR) is 84.8 cm³/mol. The van der Waals surface area contributed by atoms with Crippen molar-refractivity contribution in [3.63, 3.8) is 0 Å². The monoisotopic (exact) mass is 303 g/mol. The smallest absolute Gasteiger partial charge is 0.155 e. The fourth-order valence-electron chi connectivity index (χ4n) is 2.01. The van der Waals surface area contributed by atoms with Crippen LogP contribution in [0.5, 0.6) is 5.75 Å². The van der Waals surface area contributed by atoms with Gasteiger partial charge in [0.05, 0.1) is 10.6 Å². The van der Waals surface area contributed by atoms with Gasteiger partial charge < -0.3 is 4.74 Å². The summed E-state index contributed by atoms with van der Waals surface area (Å²) in [7, 11) is 1.97. The van der Waals surface area contributed by atoms with Crippen LogP contribution in [-0.4, -0.2) is 24.5 Å². The van der Waals surface area contributed by atoms with Crippen molar-refractivity contribution in [3.05, 3.63) is 64.7 Å². The Kier molecular flexibility index (Phi) is 5.37. The fraction of sp³-hybridized carbons (Fsp3) is 0.235. The summed E-state index contributed by atoms with van der Waals surface area (Å²) in [6.07, 6.45) is 0.545. The van der Waals surface area contributed by atoms with Crippen LogP contribution >= 0.6 is 11.6 Å². The number of carbonyl (C=O) groups is 1. The first-order chi connectivity index (χ1) is 10.1. The molecular formula is C17H18ClNO2. The minimum absolute atomic E-state index is 0.178. The molecule has 0 aliphatic rings. The molecule has 0 aliphatic heterocycles. The van der Waals surface area contributed by atoms with Gasteiger partial charge in [0.2, 0.25) is 0 Å². The number of benzene rings is 2. The van der Waals surface area contributed by atoms with E-state index in [0.717, 1.165) is 12.8 Å². The van der Waals surface area contributed by atoms with Gasteiger partial charge >= 0.3 is 0 Å². The van der Waals surface area contributed by atoms with Crippen molar-refractivity contribution in [3.8, 4) is 5.75 Å². The van der Waals surface area contributed by atoms with Gasteiger partial charge in [-0.25, -0.2) is 0 Å². The molecule has 21 heavy (non-hydrogen) atoms. The molecule has 2 aromatic carbocycles. The normalized spacial score (nSPS) is 12.2. The summed E-state index contributed by atoms with van der Waals surface area (Å²) in [5, 5.41) is 0.403. The van der Waals surface area contributed by atoms with Crippen molar-refractivity contribution in [1.29, 1.82) is 0 Å². The Labute approximate surface area is 130 Å². The van der Waals surface area contributed by atoms with Crippen molar-refractivity contribution in [2.75, 3.05) is 7.05 Å². The van der Waals surface area contributed by atoms with Crippen LogP contribution in [0, 0.1) is 0 Å². The van der Waals surface area contributed by atoms with Crippen molar-refractivity contribution in [2.24, 2.45) is 0 Å². The summed E-state index contributed by atoms with van der Waals surface area (Å²) < 4.78 is 5.86. The van der Waals surface area contributed by atoms with Crippen LogP contribution in [0.4, 0.5) is 0 Å². The Morgan fingerprint density at radius 3 is 2.57 bits per heavy atom. The lowest BCUT2D eigenvalue weighted by Gasteiger charge is -2.26. The van der Waals surface area contributed by atoms with Crippen LogP contribution < -0.4 is 4.74 Å². The van der Waals surface area contributed by atoms with Gasteiger partial charge in [-0.15, -0.1) is 0 Å². The van der Waals surface area contributed by atoms with Gasteiger partial charge in [-0.1, -0.05) is 48.0 Å². The van der Waals surface area contributed by atoms with E-state index in [4.69, 9.17) is 16.3 Å². The number of ether oxygens (including phenoxy) is 1. The summed E-state index contributed by atoms with van der Waals surface area (Å²) in [6.45, 7) is 2.71. The van der Waals surface area contributed by atoms with Crippen LogP contribution in [0.1, 0.15) is 22.8 Å². The zero-order chi connectivity index (χ0) is 15.2. The SMILES string of the molecule is CC(Oc1cccc(Cl)c1C=O)N(C)Cc1ccccc1. The molecule has 0 aromatic heterocycles. The van der Waals surface area contributed by atoms with Crippen LogP contribution in [0.15, 0.2) is 48.5 Å². The van der Waals surface area contributed by atoms with Crippen LogP contribution in [0.25, 0.3) is 0 Å². The van der Waals surface area contributed by atoms with Gasteiger partial charge in [0.1, 0.15) is 12.0 Å². The number of hydrogen-bond donors (Lipinski definition) is 0. The molecule has 2 aromatic rings. The molecule has 0 saturated carbocycles. The zero-order valence-corrected chi connectivity index (χ0v) is 12.9. The van der Waals surface area contributed by atoms with E-state index in [1.807, 2.05) is 32.2 Å². The van der Waals surface area contributed by atoms with E-state index in [9.17, 15) is 4.79 Å². The van der Waals surface area contributed by atoms with E-state index in [1.165, 1.54) is 5.56 Å². The third-order valence-corrected chi connectivity index (χ3v) is 3.65. The lowest BCUT2D eigenvalue weighted by molar-refractivity contribution is 0.0543. The molecule has 0 aliphatic carbocycles. The summed E-state index contributed by atoms with van der Waals surface area (Å²) >= 11 is 6.00. The van der Waals surface area contributed by atoms with Gasteiger partial charge in [-0.3, -0.25) is 9.69 Å². The molecule has 110 valence electrons. The molecule has 3 nitrogen and oxygen atoms in total. The highest BCUT2D eigenvalue weighted by Gasteiger charge is 2.14. The molecule has 0 spiro atoms. The summed E-state index contributed by atoms with van der Waals surface area (Å²) in [5.41, 5.74) is 1.59. The van der Waals surface area contributed by atoms with E-state index in [1.54, 1.807) is 18.2 Å². The summed E-state index contributed by atoms with van der Waals surface area (Å²) in [6, 6.07) is 15.4. The highest BCUT2D eigenvalue weighted by Crippen LogP contribution is 2.25. The highest BCUT2D eigenvalue weighted by atomic mass is 35.5. The molecule has 0 amide bonds. The van der Waals surface area contributed by atoms with E-state index in [2.05, 4.69) is 17.0 Å². The average Bonchev–Trinajstić information content (AvgIpc) is 2.48. The Balaban J connectivity index is 2.06. The second-order valence-corrected chi connectivity index (χ2v) is 5.29. The van der Waals surface area contributed by atoms with E-state index < -0.39 is 0 Å². The van der Waals surface area contributed by atoms with E-state index >= 15 is 0 Å². The number of carbonyl (C=O) groups excluding carboxylic acids is 1. The van der Waals surface area contributed by atoms with Crippen LogP contribution in [-0.2, 0) is 6.54 Å². The fourth-order valence-corrected chi connectivity index (χ4v) is 2.22. The van der Waals surface area contributed by atoms with Crippen molar-refractivity contribution < 1.29 is 9.53 Å². The number of rotatable bonds is 6. The van der Waals surface area contributed by atoms with Gasteiger partial charge in [-0.2, -0.15) is 0 Å². The topological polar surface area (TPSA) is 29.5 Å². The maximum absolute atomic E-state index is 11.1. The Bertz CT molecular complexity index is 601. The van der Waals surface area contributed by atoms with Gasteiger partial charge in [0, 0.05) is 6.54 Å². The molecular weight excluding hydrogens is 286 g/mol. The second kappa shape index (κ2) is 7.25. The molecule has 0 fully saturated rings. The maximum Gasteiger partial charge on any atom is 0.155 e. The van der Waals surface area contributed by atoms with E-state index in [0.29, 0.717) is 16.3 Å². The summed E-state index contributed by atoms with van der Waals surface area (Å²) in [5.74, 6) is 0.505. The molecule has 0 N–H and O–H groups in total. The largest absolute Gasteiger partial charge is 0.475 e. The third-order valence-electron chi connectivity index (χ3n) is 3.32. The number of nitrogens with zero attached hydrogens (tertiary/aromatic N) is 1. The lowest BCUT2D eigenvalue weighted by Crippen LogP contribution is -2.33. The maximum atomic E-state index is 11.1. The Hall–Kier alpha value is -1.84. The average molecular weight is 304 g/mol. The molecule has 4 heteroatoms. The number of aldehydes is 1. The van der Waals surface area contributed by atoms with Crippen molar-refractivity contribution in [2.45, 2.75) is 19.7 Å². The zero-order valence-electron chi connectivity index (χ0n) is 12.1. The minimum Gasteiger partial charge on any atom is -0.475 e. The number of halogens is 1. The van der Waals surface area contributed by atoms with Gasteiger partial charge in [-0.05, 0) is 31.7 Å². The van der Waals surface area contributed by atoms with Crippen LogP contribution in [0.2, 0.25) is 5.02 Å². The van der Waals surface area contributed by atoms with Gasteiger partial charge in [0.25, 0.3) is 0 Å². The molecule has 0 saturated heterocycles. The minimum atomic E-state index is -0.178. The Morgan fingerprint density at radius 2 is 1.90 bits per heavy atom. The molecule has 0 bridgehead atoms. The second-order valence-electron chi connectivity index (χ2n) is 4.89. The van der Waals surface area contributed by atoms with Crippen molar-refractivity contribution in [1.82, 2.24) is 4.90 Å². The van der Waals surface area contributed by atoms with Crippen molar-refractivity contribution >= 4 is 17.9 Å². The summed E-state index contributed by atoms with van der Waals surface area (Å²) in [4.78, 5) is 13.2. The Morgan fingerprint density at radius 1 is 1.19 bits per heavy atom. The molecule has 0 radical (unpaired) electrons. The highest BCUT2D eigenvalue weighted by molar-refractivity contribution is 6.33. The molecule has 1 atom stereocenters.